The van der Waals surface area contributed by atoms with Gasteiger partial charge >= 0.3 is 0 Å². The third-order valence-electron chi connectivity index (χ3n) is 3.59. The maximum absolute atomic E-state index is 12.2. The number of aryl methyl sites for hydroxylation is 2. The number of fused-ring (bicyclic) bond motifs is 1. The molecule has 3 N–H and O–H groups in total. The van der Waals surface area contributed by atoms with Crippen LogP contribution in [0.4, 0.5) is 5.69 Å². The lowest BCUT2D eigenvalue weighted by Crippen LogP contribution is -2.15. The zero-order valence-corrected chi connectivity index (χ0v) is 11.4. The summed E-state index contributed by atoms with van der Waals surface area (Å²) in [6, 6.07) is 8.44. The first-order valence-electron chi connectivity index (χ1n) is 6.82. The highest BCUT2D eigenvalue weighted by molar-refractivity contribution is 6.05. The smallest absolute Gasteiger partial charge is 0.257 e. The molecule has 1 aliphatic rings. The van der Waals surface area contributed by atoms with Gasteiger partial charge in [-0.25, -0.2) is 0 Å². The van der Waals surface area contributed by atoms with Crippen molar-refractivity contribution in [3.05, 3.63) is 58.9 Å². The van der Waals surface area contributed by atoms with Gasteiger partial charge in [-0.05, 0) is 49.1 Å². The minimum Gasteiger partial charge on any atom is -0.366 e. The van der Waals surface area contributed by atoms with Crippen molar-refractivity contribution in [1.82, 2.24) is 4.98 Å². The summed E-state index contributed by atoms with van der Waals surface area (Å²) in [7, 11) is 0. The average molecular weight is 281 g/mol. The predicted octanol–water partition coefficient (Wildman–Crippen LogP) is 1.92. The predicted molar refractivity (Wildman–Crippen MR) is 79.2 cm³/mol. The third kappa shape index (κ3) is 2.76. The van der Waals surface area contributed by atoms with Crippen molar-refractivity contribution in [2.75, 3.05) is 5.32 Å². The number of benzene rings is 1. The lowest BCUT2D eigenvalue weighted by Gasteiger charge is -2.07. The van der Waals surface area contributed by atoms with Gasteiger partial charge in [-0.15, -0.1) is 0 Å². The zero-order chi connectivity index (χ0) is 14.8. The van der Waals surface area contributed by atoms with Crippen molar-refractivity contribution in [2.45, 2.75) is 19.3 Å². The summed E-state index contributed by atoms with van der Waals surface area (Å²) < 4.78 is 0. The number of nitrogens with zero attached hydrogens (tertiary/aromatic N) is 1. The van der Waals surface area contributed by atoms with Crippen LogP contribution in [0.15, 0.2) is 36.5 Å². The molecule has 1 heterocycles. The highest BCUT2D eigenvalue weighted by atomic mass is 16.2. The molecular formula is C16H15N3O2. The molecule has 0 unspecified atom stereocenters. The number of carbonyl (C=O) groups excluding carboxylic acids is 2. The van der Waals surface area contributed by atoms with Crippen LogP contribution in [0.5, 0.6) is 0 Å². The number of nitrogens with one attached hydrogen (secondary N) is 1. The third-order valence-corrected chi connectivity index (χ3v) is 3.59. The molecule has 2 amide bonds. The molecule has 2 aromatic rings. The van der Waals surface area contributed by atoms with Crippen molar-refractivity contribution < 1.29 is 9.59 Å². The van der Waals surface area contributed by atoms with Gasteiger partial charge in [-0.1, -0.05) is 6.07 Å². The molecule has 0 saturated heterocycles. The highest BCUT2D eigenvalue weighted by Crippen LogP contribution is 2.21. The van der Waals surface area contributed by atoms with E-state index in [0.29, 0.717) is 16.8 Å². The van der Waals surface area contributed by atoms with E-state index in [-0.39, 0.29) is 5.91 Å². The second kappa shape index (κ2) is 5.36. The first-order valence-corrected chi connectivity index (χ1v) is 6.82. The molecule has 0 fully saturated rings. The van der Waals surface area contributed by atoms with Crippen LogP contribution in [0, 0.1) is 0 Å². The Kier molecular flexibility index (Phi) is 3.39. The summed E-state index contributed by atoms with van der Waals surface area (Å²) >= 11 is 0. The molecule has 1 aromatic heterocycles. The number of amides is 2. The Morgan fingerprint density at radius 1 is 1.14 bits per heavy atom. The molecule has 5 nitrogen and oxygen atoms in total. The van der Waals surface area contributed by atoms with Crippen LogP contribution in [0.2, 0.25) is 0 Å². The van der Waals surface area contributed by atoms with Gasteiger partial charge in [0, 0.05) is 23.1 Å². The molecule has 106 valence electrons. The van der Waals surface area contributed by atoms with Gasteiger partial charge in [-0.3, -0.25) is 14.6 Å². The number of rotatable bonds is 3. The maximum atomic E-state index is 12.2. The Bertz CT molecular complexity index is 725. The normalized spacial score (nSPS) is 12.8. The fraction of sp³-hybridized carbons (Fsp3) is 0.188. The van der Waals surface area contributed by atoms with Gasteiger partial charge in [0.2, 0.25) is 5.91 Å². The monoisotopic (exact) mass is 281 g/mol. The fourth-order valence-corrected chi connectivity index (χ4v) is 2.50. The summed E-state index contributed by atoms with van der Waals surface area (Å²) in [5.74, 6) is -0.760. The number of hydrogen-bond acceptors (Lipinski definition) is 3. The summed E-state index contributed by atoms with van der Waals surface area (Å²) in [6.07, 6.45) is 4.64. The van der Waals surface area contributed by atoms with E-state index in [1.165, 1.54) is 0 Å². The highest BCUT2D eigenvalue weighted by Gasteiger charge is 2.15. The maximum Gasteiger partial charge on any atom is 0.257 e. The quantitative estimate of drug-likeness (QED) is 0.901. The van der Waals surface area contributed by atoms with Crippen LogP contribution in [0.1, 0.15) is 38.4 Å². The lowest BCUT2D eigenvalue weighted by atomic mass is 10.1. The van der Waals surface area contributed by atoms with Crippen LogP contribution >= 0.6 is 0 Å². The van der Waals surface area contributed by atoms with Crippen LogP contribution in [0.3, 0.4) is 0 Å². The van der Waals surface area contributed by atoms with Crippen molar-refractivity contribution in [3.8, 4) is 0 Å². The summed E-state index contributed by atoms with van der Waals surface area (Å²) in [5, 5.41) is 2.76. The van der Waals surface area contributed by atoms with Crippen molar-refractivity contribution in [2.24, 2.45) is 5.73 Å². The Morgan fingerprint density at radius 3 is 2.81 bits per heavy atom. The summed E-state index contributed by atoms with van der Waals surface area (Å²) in [4.78, 5) is 27.7. The molecule has 0 bridgehead atoms. The Labute approximate surface area is 122 Å². The fourth-order valence-electron chi connectivity index (χ4n) is 2.50. The minimum absolute atomic E-state index is 0.237. The lowest BCUT2D eigenvalue weighted by molar-refractivity contribution is 0.0996. The van der Waals surface area contributed by atoms with Gasteiger partial charge in [0.25, 0.3) is 5.91 Å². The number of aromatic nitrogens is 1. The Hall–Kier alpha value is -2.69. The number of nitrogens with two attached hydrogens (primary N) is 1. The molecule has 0 spiro atoms. The van der Waals surface area contributed by atoms with Crippen LogP contribution < -0.4 is 11.1 Å². The summed E-state index contributed by atoms with van der Waals surface area (Å²) in [6.45, 7) is 0. The Morgan fingerprint density at radius 2 is 2.00 bits per heavy atom. The van der Waals surface area contributed by atoms with E-state index in [0.717, 1.165) is 30.5 Å². The SMILES string of the molecule is NC(=O)c1cccc(NC(=O)c2cnc3c(c2)CCC3)c1. The number of pyridine rings is 1. The summed E-state index contributed by atoms with van der Waals surface area (Å²) in [5.41, 5.74) is 8.88. The zero-order valence-electron chi connectivity index (χ0n) is 11.4. The second-order valence-corrected chi connectivity index (χ2v) is 5.08. The molecule has 1 aromatic carbocycles. The molecule has 0 saturated carbocycles. The first-order chi connectivity index (χ1) is 10.1. The van der Waals surface area contributed by atoms with E-state index in [4.69, 9.17) is 5.73 Å². The number of primary amides is 1. The van der Waals surface area contributed by atoms with Crippen LogP contribution in [-0.2, 0) is 12.8 Å². The van der Waals surface area contributed by atoms with E-state index in [9.17, 15) is 9.59 Å². The second-order valence-electron chi connectivity index (χ2n) is 5.08. The van der Waals surface area contributed by atoms with Gasteiger partial charge in [0.05, 0.1) is 5.56 Å². The van der Waals surface area contributed by atoms with Gasteiger partial charge in [-0.2, -0.15) is 0 Å². The molecule has 21 heavy (non-hydrogen) atoms. The topological polar surface area (TPSA) is 85.1 Å². The molecule has 5 heteroatoms. The van der Waals surface area contributed by atoms with E-state index in [1.54, 1.807) is 30.5 Å². The number of carbonyl (C=O) groups is 2. The van der Waals surface area contributed by atoms with Gasteiger partial charge < -0.3 is 11.1 Å². The largest absolute Gasteiger partial charge is 0.366 e. The van der Waals surface area contributed by atoms with E-state index in [1.807, 2.05) is 6.07 Å². The Balaban J connectivity index is 1.80. The van der Waals surface area contributed by atoms with Crippen molar-refractivity contribution in [1.29, 1.82) is 0 Å². The average Bonchev–Trinajstić information content (AvgIpc) is 2.94. The molecule has 0 atom stereocenters. The number of anilines is 1. The molecule has 0 radical (unpaired) electrons. The molecular weight excluding hydrogens is 266 g/mol. The van der Waals surface area contributed by atoms with Crippen LogP contribution in [-0.4, -0.2) is 16.8 Å². The van der Waals surface area contributed by atoms with Gasteiger partial charge in [0.15, 0.2) is 0 Å². The first kappa shape index (κ1) is 13.3. The number of hydrogen-bond donors (Lipinski definition) is 2. The van der Waals surface area contributed by atoms with Gasteiger partial charge in [0.1, 0.15) is 0 Å². The molecule has 1 aliphatic carbocycles. The van der Waals surface area contributed by atoms with E-state index in [2.05, 4.69) is 10.3 Å². The minimum atomic E-state index is -0.523. The molecule has 0 aliphatic heterocycles. The van der Waals surface area contributed by atoms with Crippen LogP contribution in [0.25, 0.3) is 0 Å². The van der Waals surface area contributed by atoms with Crippen molar-refractivity contribution >= 4 is 17.5 Å². The van der Waals surface area contributed by atoms with E-state index >= 15 is 0 Å². The standard InChI is InChI=1S/C16H15N3O2/c17-15(20)11-4-1-5-13(8-11)19-16(21)12-7-10-3-2-6-14(10)18-9-12/h1,4-5,7-9H,2-3,6H2,(H2,17,20)(H,19,21). The molecule has 3 rings (SSSR count). The van der Waals surface area contributed by atoms with Crippen molar-refractivity contribution in [3.63, 3.8) is 0 Å². The van der Waals surface area contributed by atoms with E-state index < -0.39 is 5.91 Å².